The normalized spacial score (nSPS) is 11.8. The average molecular weight is 321 g/mol. The topological polar surface area (TPSA) is 67.0 Å². The molecule has 0 aliphatic carbocycles. The first-order valence-electron chi connectivity index (χ1n) is 7.72. The number of methoxy groups -OCH3 is 1. The number of aromatic amines is 1. The van der Waals surface area contributed by atoms with Gasteiger partial charge in [-0.15, -0.1) is 0 Å². The summed E-state index contributed by atoms with van der Waals surface area (Å²) in [4.78, 5) is 12.6. The lowest BCUT2D eigenvalue weighted by molar-refractivity contribution is 0.0940. The van der Waals surface area contributed by atoms with Crippen LogP contribution in [0.15, 0.2) is 60.8 Å². The molecular weight excluding hydrogens is 302 g/mol. The van der Waals surface area contributed by atoms with Gasteiger partial charge in [0.1, 0.15) is 5.75 Å². The van der Waals surface area contributed by atoms with Crippen LogP contribution in [0.1, 0.15) is 28.9 Å². The summed E-state index contributed by atoms with van der Waals surface area (Å²) in [6, 6.07) is 17.2. The van der Waals surface area contributed by atoms with Gasteiger partial charge < -0.3 is 10.1 Å². The third-order valence-corrected chi connectivity index (χ3v) is 3.91. The summed E-state index contributed by atoms with van der Waals surface area (Å²) in [6.45, 7) is 1.95. The summed E-state index contributed by atoms with van der Waals surface area (Å²) < 4.78 is 5.15. The molecule has 0 saturated carbocycles. The standard InChI is InChI=1S/C19H19N3O2/c1-13(14-8-10-16(24-2)11-9-14)21-19(23)17-12-20-22-18(17)15-6-4-3-5-7-15/h3-13H,1-2H3,(H,20,22)(H,21,23). The molecule has 1 atom stereocenters. The van der Waals surface area contributed by atoms with Crippen LogP contribution >= 0.6 is 0 Å². The first-order chi connectivity index (χ1) is 11.7. The Balaban J connectivity index is 1.77. The Kier molecular flexibility index (Phi) is 4.61. The first-order valence-corrected chi connectivity index (χ1v) is 7.72. The van der Waals surface area contributed by atoms with E-state index in [1.807, 2.05) is 61.5 Å². The van der Waals surface area contributed by atoms with Gasteiger partial charge >= 0.3 is 0 Å². The number of rotatable bonds is 5. The summed E-state index contributed by atoms with van der Waals surface area (Å²) in [5, 5.41) is 9.93. The smallest absolute Gasteiger partial charge is 0.255 e. The lowest BCUT2D eigenvalue weighted by Crippen LogP contribution is -2.26. The molecule has 2 aromatic carbocycles. The highest BCUT2D eigenvalue weighted by molar-refractivity contribution is 5.99. The minimum Gasteiger partial charge on any atom is -0.497 e. The second-order valence-corrected chi connectivity index (χ2v) is 5.49. The predicted octanol–water partition coefficient (Wildman–Crippen LogP) is 3.58. The molecule has 1 unspecified atom stereocenters. The SMILES string of the molecule is COc1ccc(C(C)NC(=O)c2cn[nH]c2-c2ccccc2)cc1. The zero-order valence-electron chi connectivity index (χ0n) is 13.6. The fourth-order valence-electron chi connectivity index (χ4n) is 2.53. The maximum atomic E-state index is 12.6. The lowest BCUT2D eigenvalue weighted by Gasteiger charge is -2.15. The van der Waals surface area contributed by atoms with Gasteiger partial charge in [-0.25, -0.2) is 0 Å². The highest BCUT2D eigenvalue weighted by atomic mass is 16.5. The molecule has 0 fully saturated rings. The van der Waals surface area contributed by atoms with Crippen molar-refractivity contribution >= 4 is 5.91 Å². The quantitative estimate of drug-likeness (QED) is 0.755. The minimum atomic E-state index is -0.161. The molecule has 2 N–H and O–H groups in total. The Morgan fingerprint density at radius 2 is 1.83 bits per heavy atom. The molecule has 0 saturated heterocycles. The number of hydrogen-bond acceptors (Lipinski definition) is 3. The summed E-state index contributed by atoms with van der Waals surface area (Å²) in [6.07, 6.45) is 1.55. The van der Waals surface area contributed by atoms with Gasteiger partial charge in [-0.1, -0.05) is 42.5 Å². The number of carbonyl (C=O) groups excluding carboxylic acids is 1. The molecule has 1 amide bonds. The highest BCUT2D eigenvalue weighted by Crippen LogP contribution is 2.22. The fraction of sp³-hybridized carbons (Fsp3) is 0.158. The van der Waals surface area contributed by atoms with Gasteiger partial charge in [0, 0.05) is 5.56 Å². The second-order valence-electron chi connectivity index (χ2n) is 5.49. The van der Waals surface area contributed by atoms with Gasteiger partial charge in [0.15, 0.2) is 0 Å². The zero-order chi connectivity index (χ0) is 16.9. The molecule has 5 nitrogen and oxygen atoms in total. The third-order valence-electron chi connectivity index (χ3n) is 3.91. The van der Waals surface area contributed by atoms with Crippen molar-refractivity contribution in [2.75, 3.05) is 7.11 Å². The van der Waals surface area contributed by atoms with Gasteiger partial charge in [0.25, 0.3) is 5.91 Å². The van der Waals surface area contributed by atoms with E-state index in [1.54, 1.807) is 13.3 Å². The largest absolute Gasteiger partial charge is 0.497 e. The van der Waals surface area contributed by atoms with Crippen molar-refractivity contribution in [3.63, 3.8) is 0 Å². The number of nitrogens with zero attached hydrogens (tertiary/aromatic N) is 1. The summed E-state index contributed by atoms with van der Waals surface area (Å²) in [5.41, 5.74) is 3.18. The van der Waals surface area contributed by atoms with E-state index in [2.05, 4.69) is 15.5 Å². The van der Waals surface area contributed by atoms with E-state index in [9.17, 15) is 4.79 Å². The van der Waals surface area contributed by atoms with Crippen LogP contribution < -0.4 is 10.1 Å². The lowest BCUT2D eigenvalue weighted by atomic mass is 10.1. The number of H-pyrrole nitrogens is 1. The van der Waals surface area contributed by atoms with Crippen LogP contribution in [-0.2, 0) is 0 Å². The maximum Gasteiger partial charge on any atom is 0.255 e. The molecule has 3 aromatic rings. The van der Waals surface area contributed by atoms with Gasteiger partial charge in [0.05, 0.1) is 30.6 Å². The van der Waals surface area contributed by atoms with Crippen LogP contribution in [0.2, 0.25) is 0 Å². The molecule has 122 valence electrons. The number of nitrogens with one attached hydrogen (secondary N) is 2. The Morgan fingerprint density at radius 3 is 2.50 bits per heavy atom. The second kappa shape index (κ2) is 7.00. The van der Waals surface area contributed by atoms with Crippen LogP contribution in [0, 0.1) is 0 Å². The Morgan fingerprint density at radius 1 is 1.12 bits per heavy atom. The van der Waals surface area contributed by atoms with E-state index in [0.717, 1.165) is 22.6 Å². The molecule has 0 radical (unpaired) electrons. The van der Waals surface area contributed by atoms with Crippen LogP contribution in [0.4, 0.5) is 0 Å². The average Bonchev–Trinajstić information content (AvgIpc) is 3.12. The molecule has 0 aliphatic heterocycles. The van der Waals surface area contributed by atoms with Gasteiger partial charge in [-0.2, -0.15) is 5.10 Å². The minimum absolute atomic E-state index is 0.123. The van der Waals surface area contributed by atoms with E-state index in [1.165, 1.54) is 0 Å². The molecule has 0 aliphatic rings. The molecule has 5 heteroatoms. The maximum absolute atomic E-state index is 12.6. The van der Waals surface area contributed by atoms with Gasteiger partial charge in [-0.3, -0.25) is 9.89 Å². The number of aromatic nitrogens is 2. The van der Waals surface area contributed by atoms with Crippen LogP contribution in [0.25, 0.3) is 11.3 Å². The molecule has 24 heavy (non-hydrogen) atoms. The van der Waals surface area contributed by atoms with E-state index in [4.69, 9.17) is 4.74 Å². The molecular formula is C19H19N3O2. The predicted molar refractivity (Wildman–Crippen MR) is 92.9 cm³/mol. The summed E-state index contributed by atoms with van der Waals surface area (Å²) >= 11 is 0. The van der Waals surface area contributed by atoms with E-state index < -0.39 is 0 Å². The molecule has 1 heterocycles. The van der Waals surface area contributed by atoms with Gasteiger partial charge in [0.2, 0.25) is 0 Å². The number of amides is 1. The summed E-state index contributed by atoms with van der Waals surface area (Å²) in [5.74, 6) is 0.629. The Labute approximate surface area is 140 Å². The Bertz CT molecular complexity index is 810. The first kappa shape index (κ1) is 15.8. The van der Waals surface area contributed by atoms with Crippen molar-refractivity contribution in [1.29, 1.82) is 0 Å². The van der Waals surface area contributed by atoms with Crippen molar-refractivity contribution in [3.8, 4) is 17.0 Å². The van der Waals surface area contributed by atoms with Crippen LogP contribution in [-0.4, -0.2) is 23.2 Å². The van der Waals surface area contributed by atoms with Crippen molar-refractivity contribution in [2.45, 2.75) is 13.0 Å². The van der Waals surface area contributed by atoms with Crippen molar-refractivity contribution < 1.29 is 9.53 Å². The van der Waals surface area contributed by atoms with E-state index >= 15 is 0 Å². The Hall–Kier alpha value is -3.08. The van der Waals surface area contributed by atoms with Crippen LogP contribution in [0.3, 0.4) is 0 Å². The van der Waals surface area contributed by atoms with E-state index in [0.29, 0.717) is 5.56 Å². The van der Waals surface area contributed by atoms with Crippen molar-refractivity contribution in [1.82, 2.24) is 15.5 Å². The van der Waals surface area contributed by atoms with Crippen LogP contribution in [0.5, 0.6) is 5.75 Å². The molecule has 3 rings (SSSR count). The molecule has 0 spiro atoms. The number of carbonyl (C=O) groups is 1. The number of benzene rings is 2. The molecule has 1 aromatic heterocycles. The monoisotopic (exact) mass is 321 g/mol. The number of hydrogen-bond donors (Lipinski definition) is 2. The third kappa shape index (κ3) is 3.30. The summed E-state index contributed by atoms with van der Waals surface area (Å²) in [7, 11) is 1.63. The zero-order valence-corrected chi connectivity index (χ0v) is 13.6. The van der Waals surface area contributed by atoms with Gasteiger partial charge in [-0.05, 0) is 24.6 Å². The molecule has 0 bridgehead atoms. The highest BCUT2D eigenvalue weighted by Gasteiger charge is 2.17. The van der Waals surface area contributed by atoms with Crippen molar-refractivity contribution in [2.24, 2.45) is 0 Å². The van der Waals surface area contributed by atoms with Crippen molar-refractivity contribution in [3.05, 3.63) is 71.9 Å². The number of ether oxygens (including phenoxy) is 1. The van der Waals surface area contributed by atoms with E-state index in [-0.39, 0.29) is 11.9 Å². The fourth-order valence-corrected chi connectivity index (χ4v) is 2.53.